The lowest BCUT2D eigenvalue weighted by molar-refractivity contribution is 0.301. The van der Waals surface area contributed by atoms with Crippen molar-refractivity contribution < 1.29 is 4.74 Å². The number of aromatic nitrogens is 1. The molecule has 1 aromatic heterocycles. The third-order valence-corrected chi connectivity index (χ3v) is 3.52. The average molecular weight is 262 g/mol. The fourth-order valence-electron chi connectivity index (χ4n) is 1.66. The van der Waals surface area contributed by atoms with Crippen molar-refractivity contribution in [2.45, 2.75) is 26.5 Å². The van der Waals surface area contributed by atoms with Crippen molar-refractivity contribution in [3.05, 3.63) is 45.9 Å². The highest BCUT2D eigenvalue weighted by atomic mass is 32.1. The Morgan fingerprint density at radius 2 is 2.28 bits per heavy atom. The van der Waals surface area contributed by atoms with Gasteiger partial charge >= 0.3 is 0 Å². The molecule has 0 fully saturated rings. The van der Waals surface area contributed by atoms with Gasteiger partial charge in [0.05, 0.1) is 5.69 Å². The molecule has 18 heavy (non-hydrogen) atoms. The summed E-state index contributed by atoms with van der Waals surface area (Å²) in [4.78, 5) is 4.49. The van der Waals surface area contributed by atoms with Crippen LogP contribution in [0.1, 0.15) is 23.2 Å². The fourth-order valence-corrected chi connectivity index (χ4v) is 2.45. The Labute approximate surface area is 112 Å². The van der Waals surface area contributed by atoms with E-state index in [9.17, 15) is 0 Å². The summed E-state index contributed by atoms with van der Waals surface area (Å²) in [6, 6.07) is 8.21. The Kier molecular flexibility index (Phi) is 4.73. The lowest BCUT2D eigenvalue weighted by atomic mass is 10.2. The molecule has 0 unspecified atom stereocenters. The molecule has 4 heteroatoms. The summed E-state index contributed by atoms with van der Waals surface area (Å²) < 4.78 is 5.75. The molecule has 1 aromatic carbocycles. The first-order valence-corrected chi connectivity index (χ1v) is 6.99. The molecule has 1 heterocycles. The van der Waals surface area contributed by atoms with Gasteiger partial charge in [0.15, 0.2) is 0 Å². The van der Waals surface area contributed by atoms with Crippen LogP contribution in [-0.4, -0.2) is 12.0 Å². The fraction of sp³-hybridized carbons (Fsp3) is 0.357. The molecule has 0 aliphatic rings. The normalized spacial score (nSPS) is 10.6. The number of hydrogen-bond acceptors (Lipinski definition) is 4. The third kappa shape index (κ3) is 3.55. The van der Waals surface area contributed by atoms with Crippen LogP contribution < -0.4 is 10.1 Å². The Morgan fingerprint density at radius 3 is 3.06 bits per heavy atom. The van der Waals surface area contributed by atoms with Gasteiger partial charge in [0.2, 0.25) is 0 Å². The van der Waals surface area contributed by atoms with Gasteiger partial charge in [0.1, 0.15) is 17.4 Å². The molecule has 0 saturated heterocycles. The zero-order chi connectivity index (χ0) is 12.8. The number of benzene rings is 1. The Balaban J connectivity index is 1.93. The van der Waals surface area contributed by atoms with Crippen molar-refractivity contribution >= 4 is 11.3 Å². The van der Waals surface area contributed by atoms with Gasteiger partial charge < -0.3 is 10.1 Å². The minimum Gasteiger partial charge on any atom is -0.487 e. The molecular formula is C14H18N2OS. The van der Waals surface area contributed by atoms with Gasteiger partial charge in [-0.3, -0.25) is 0 Å². The van der Waals surface area contributed by atoms with Gasteiger partial charge in [-0.1, -0.05) is 19.1 Å². The molecule has 0 bridgehead atoms. The molecule has 1 N–H and O–H groups in total. The molecule has 0 amide bonds. The van der Waals surface area contributed by atoms with E-state index in [1.54, 1.807) is 11.3 Å². The average Bonchev–Trinajstić information content (AvgIpc) is 2.85. The molecule has 0 aliphatic heterocycles. The topological polar surface area (TPSA) is 34.1 Å². The first-order valence-electron chi connectivity index (χ1n) is 6.11. The summed E-state index contributed by atoms with van der Waals surface area (Å²) in [5.41, 5.74) is 2.29. The van der Waals surface area contributed by atoms with Crippen LogP contribution >= 0.6 is 11.3 Å². The second-order valence-corrected chi connectivity index (χ2v) is 5.00. The second-order valence-electron chi connectivity index (χ2n) is 4.05. The minimum atomic E-state index is 0.535. The summed E-state index contributed by atoms with van der Waals surface area (Å²) in [5, 5.41) is 6.24. The van der Waals surface area contributed by atoms with E-state index in [0.717, 1.165) is 29.4 Å². The Hall–Kier alpha value is -1.39. The summed E-state index contributed by atoms with van der Waals surface area (Å²) in [5.74, 6) is 0.914. The highest BCUT2D eigenvalue weighted by molar-refractivity contribution is 7.09. The SMILES string of the molecule is CCc1cccc(OCc2csc(CNC)n2)c1. The zero-order valence-corrected chi connectivity index (χ0v) is 11.6. The molecule has 0 spiro atoms. The van der Waals surface area contributed by atoms with Gasteiger partial charge in [-0.05, 0) is 31.2 Å². The number of nitrogens with zero attached hydrogens (tertiary/aromatic N) is 1. The van der Waals surface area contributed by atoms with Gasteiger partial charge in [-0.15, -0.1) is 11.3 Å². The molecule has 2 rings (SSSR count). The van der Waals surface area contributed by atoms with Gasteiger partial charge in [-0.2, -0.15) is 0 Å². The first kappa shape index (κ1) is 13.1. The first-order chi connectivity index (χ1) is 8.81. The van der Waals surface area contributed by atoms with Crippen molar-refractivity contribution in [2.75, 3.05) is 7.05 Å². The van der Waals surface area contributed by atoms with Crippen LogP contribution in [0.3, 0.4) is 0 Å². The minimum absolute atomic E-state index is 0.535. The van der Waals surface area contributed by atoms with E-state index in [1.165, 1.54) is 5.56 Å². The number of hydrogen-bond donors (Lipinski definition) is 1. The summed E-state index contributed by atoms with van der Waals surface area (Å²) in [7, 11) is 1.92. The van der Waals surface area contributed by atoms with Gasteiger partial charge in [0, 0.05) is 11.9 Å². The van der Waals surface area contributed by atoms with Crippen molar-refractivity contribution in [1.82, 2.24) is 10.3 Å². The van der Waals surface area contributed by atoms with Crippen LogP contribution in [-0.2, 0) is 19.6 Å². The molecular weight excluding hydrogens is 244 g/mol. The Morgan fingerprint density at radius 1 is 1.39 bits per heavy atom. The highest BCUT2D eigenvalue weighted by Gasteiger charge is 2.02. The van der Waals surface area contributed by atoms with Crippen molar-refractivity contribution in [1.29, 1.82) is 0 Å². The van der Waals surface area contributed by atoms with Crippen molar-refractivity contribution in [3.63, 3.8) is 0 Å². The van der Waals surface area contributed by atoms with E-state index in [2.05, 4.69) is 34.7 Å². The van der Waals surface area contributed by atoms with Crippen LogP contribution in [0.2, 0.25) is 0 Å². The number of thiazole rings is 1. The maximum absolute atomic E-state index is 5.75. The smallest absolute Gasteiger partial charge is 0.131 e. The van der Waals surface area contributed by atoms with Crippen LogP contribution in [0.4, 0.5) is 0 Å². The number of nitrogens with one attached hydrogen (secondary N) is 1. The lowest BCUT2D eigenvalue weighted by Gasteiger charge is -2.05. The maximum Gasteiger partial charge on any atom is 0.131 e. The molecule has 0 atom stereocenters. The highest BCUT2D eigenvalue weighted by Crippen LogP contribution is 2.16. The molecule has 96 valence electrons. The zero-order valence-electron chi connectivity index (χ0n) is 10.8. The van der Waals surface area contributed by atoms with E-state index in [4.69, 9.17) is 4.74 Å². The number of ether oxygens (including phenoxy) is 1. The van der Waals surface area contributed by atoms with E-state index >= 15 is 0 Å². The summed E-state index contributed by atoms with van der Waals surface area (Å²) >= 11 is 1.66. The second kappa shape index (κ2) is 6.52. The van der Waals surface area contributed by atoms with E-state index in [0.29, 0.717) is 6.61 Å². The molecule has 0 saturated carbocycles. The van der Waals surface area contributed by atoms with Crippen LogP contribution in [0.15, 0.2) is 29.6 Å². The summed E-state index contributed by atoms with van der Waals surface area (Å²) in [6.07, 6.45) is 1.03. The van der Waals surface area contributed by atoms with E-state index in [1.807, 2.05) is 19.2 Å². The largest absolute Gasteiger partial charge is 0.487 e. The number of aryl methyl sites for hydroxylation is 1. The maximum atomic E-state index is 5.75. The standard InChI is InChI=1S/C14H18N2OS/c1-3-11-5-4-6-13(7-11)17-9-12-10-18-14(16-12)8-15-2/h4-7,10,15H,3,8-9H2,1-2H3. The molecule has 0 aliphatic carbocycles. The number of rotatable bonds is 6. The third-order valence-electron chi connectivity index (χ3n) is 2.62. The Bertz CT molecular complexity index is 496. The van der Waals surface area contributed by atoms with E-state index < -0.39 is 0 Å². The summed E-state index contributed by atoms with van der Waals surface area (Å²) in [6.45, 7) is 3.49. The molecule has 2 aromatic rings. The van der Waals surface area contributed by atoms with E-state index in [-0.39, 0.29) is 0 Å². The molecule has 3 nitrogen and oxygen atoms in total. The van der Waals surface area contributed by atoms with Crippen LogP contribution in [0.5, 0.6) is 5.75 Å². The van der Waals surface area contributed by atoms with Gasteiger partial charge in [-0.25, -0.2) is 4.98 Å². The predicted octanol–water partition coefficient (Wildman–Crippen LogP) is 3.00. The van der Waals surface area contributed by atoms with Crippen LogP contribution in [0, 0.1) is 0 Å². The predicted molar refractivity (Wildman–Crippen MR) is 75.0 cm³/mol. The molecule has 0 radical (unpaired) electrons. The van der Waals surface area contributed by atoms with Crippen molar-refractivity contribution in [2.24, 2.45) is 0 Å². The van der Waals surface area contributed by atoms with Gasteiger partial charge in [0.25, 0.3) is 0 Å². The monoisotopic (exact) mass is 262 g/mol. The quantitative estimate of drug-likeness (QED) is 0.869. The van der Waals surface area contributed by atoms with Crippen LogP contribution in [0.25, 0.3) is 0 Å². The lowest BCUT2D eigenvalue weighted by Crippen LogP contribution is -2.05. The van der Waals surface area contributed by atoms with Crippen molar-refractivity contribution in [3.8, 4) is 5.75 Å².